The van der Waals surface area contributed by atoms with E-state index in [1.807, 2.05) is 0 Å². The van der Waals surface area contributed by atoms with Crippen LogP contribution in [0.3, 0.4) is 0 Å². The number of nitrogens with one attached hydrogen (secondary N) is 1. The highest BCUT2D eigenvalue weighted by molar-refractivity contribution is 5.81. The quantitative estimate of drug-likeness (QED) is 0.613. The molecule has 1 fully saturated rings. The number of Topliss-reactive ketones (excluding diaryl/α,β-unsaturated/α-hetero) is 1. The van der Waals surface area contributed by atoms with Gasteiger partial charge in [0, 0.05) is 18.9 Å². The fraction of sp³-hybridized carbons (Fsp3) is 0.667. The van der Waals surface area contributed by atoms with Crippen molar-refractivity contribution >= 4 is 5.78 Å². The topological polar surface area (TPSA) is 29.1 Å². The van der Waals surface area contributed by atoms with Gasteiger partial charge in [0.2, 0.25) is 0 Å². The summed E-state index contributed by atoms with van der Waals surface area (Å²) in [7, 11) is 0. The number of carbonyl (C=O) groups is 1. The van der Waals surface area contributed by atoms with Crippen LogP contribution in [0.1, 0.15) is 19.3 Å². The molecule has 1 N–H and O–H groups in total. The summed E-state index contributed by atoms with van der Waals surface area (Å²) in [5.74, 6) is 0.685. The zero-order valence-electron chi connectivity index (χ0n) is 6.81. The number of ketones is 1. The van der Waals surface area contributed by atoms with Crippen molar-refractivity contribution in [3.8, 4) is 0 Å². The van der Waals surface area contributed by atoms with Gasteiger partial charge in [0.25, 0.3) is 0 Å². The van der Waals surface area contributed by atoms with Gasteiger partial charge < -0.3 is 5.32 Å². The monoisotopic (exact) mass is 153 g/mol. The molecule has 0 saturated carbocycles. The average molecular weight is 153 g/mol. The Labute approximate surface area is 67.7 Å². The second kappa shape index (κ2) is 4.29. The molecule has 0 radical (unpaired) electrons. The van der Waals surface area contributed by atoms with Crippen LogP contribution in [-0.4, -0.2) is 18.9 Å². The molecule has 11 heavy (non-hydrogen) atoms. The molecular formula is C9H15NO. The lowest BCUT2D eigenvalue weighted by Gasteiger charge is -2.04. The van der Waals surface area contributed by atoms with Gasteiger partial charge in [0.1, 0.15) is 5.78 Å². The van der Waals surface area contributed by atoms with Crippen LogP contribution >= 0.6 is 0 Å². The van der Waals surface area contributed by atoms with Gasteiger partial charge in [0.15, 0.2) is 0 Å². The number of hydrogen-bond acceptors (Lipinski definition) is 2. The lowest BCUT2D eigenvalue weighted by Crippen LogP contribution is -2.17. The summed E-state index contributed by atoms with van der Waals surface area (Å²) < 4.78 is 0. The van der Waals surface area contributed by atoms with Crippen LogP contribution in [0, 0.1) is 5.92 Å². The second-order valence-electron chi connectivity index (χ2n) is 2.98. The highest BCUT2D eigenvalue weighted by atomic mass is 16.1. The first kappa shape index (κ1) is 8.47. The van der Waals surface area contributed by atoms with Gasteiger partial charge >= 0.3 is 0 Å². The van der Waals surface area contributed by atoms with Crippen molar-refractivity contribution in [3.05, 3.63) is 12.7 Å². The van der Waals surface area contributed by atoms with Crippen molar-refractivity contribution in [2.24, 2.45) is 5.92 Å². The minimum absolute atomic E-state index is 0.287. The zero-order chi connectivity index (χ0) is 8.10. The first-order valence-corrected chi connectivity index (χ1v) is 4.19. The molecule has 0 unspecified atom stereocenters. The van der Waals surface area contributed by atoms with Crippen molar-refractivity contribution in [1.29, 1.82) is 0 Å². The molecular weight excluding hydrogens is 138 g/mol. The molecule has 2 nitrogen and oxygen atoms in total. The summed E-state index contributed by atoms with van der Waals surface area (Å²) in [6, 6.07) is 0. The van der Waals surface area contributed by atoms with E-state index in [9.17, 15) is 4.79 Å². The fourth-order valence-corrected chi connectivity index (χ4v) is 1.38. The lowest BCUT2D eigenvalue weighted by atomic mass is 10.00. The van der Waals surface area contributed by atoms with Gasteiger partial charge in [-0.25, -0.2) is 0 Å². The molecule has 1 saturated heterocycles. The van der Waals surface area contributed by atoms with Crippen LogP contribution in [0.5, 0.6) is 0 Å². The van der Waals surface area contributed by atoms with Crippen LogP contribution in [0.2, 0.25) is 0 Å². The highest BCUT2D eigenvalue weighted by Crippen LogP contribution is 2.11. The maximum absolute atomic E-state index is 11.3. The predicted molar refractivity (Wildman–Crippen MR) is 45.4 cm³/mol. The molecule has 1 atom stereocenters. The van der Waals surface area contributed by atoms with E-state index in [1.54, 1.807) is 6.08 Å². The number of rotatable bonds is 4. The fourth-order valence-electron chi connectivity index (χ4n) is 1.38. The lowest BCUT2D eigenvalue weighted by molar-refractivity contribution is -0.122. The van der Waals surface area contributed by atoms with Gasteiger partial charge in [-0.15, -0.1) is 6.58 Å². The van der Waals surface area contributed by atoms with Crippen LogP contribution in [0.25, 0.3) is 0 Å². The Morgan fingerprint density at radius 3 is 3.09 bits per heavy atom. The maximum Gasteiger partial charge on any atom is 0.137 e. The highest BCUT2D eigenvalue weighted by Gasteiger charge is 2.20. The van der Waals surface area contributed by atoms with Gasteiger partial charge in [-0.05, 0) is 19.4 Å². The van der Waals surface area contributed by atoms with E-state index in [4.69, 9.17) is 0 Å². The summed E-state index contributed by atoms with van der Waals surface area (Å²) in [4.78, 5) is 11.3. The van der Waals surface area contributed by atoms with Gasteiger partial charge in [0.05, 0.1) is 0 Å². The smallest absolute Gasteiger partial charge is 0.137 e. The Kier molecular flexibility index (Phi) is 3.30. The average Bonchev–Trinajstić information content (AvgIpc) is 2.52. The Morgan fingerprint density at radius 2 is 2.55 bits per heavy atom. The molecule has 1 aliphatic rings. The summed E-state index contributed by atoms with van der Waals surface area (Å²) in [6.07, 6.45) is 4.33. The third-order valence-corrected chi connectivity index (χ3v) is 2.11. The number of carbonyl (C=O) groups excluding carboxylic acids is 1. The Hall–Kier alpha value is -0.630. The van der Waals surface area contributed by atoms with Crippen molar-refractivity contribution in [2.45, 2.75) is 19.3 Å². The summed E-state index contributed by atoms with van der Waals surface area (Å²) in [5, 5.41) is 3.18. The van der Waals surface area contributed by atoms with Gasteiger partial charge in [-0.1, -0.05) is 6.08 Å². The van der Waals surface area contributed by atoms with Crippen LogP contribution in [-0.2, 0) is 4.79 Å². The number of allylic oxidation sites excluding steroid dienone is 1. The molecule has 1 rings (SSSR count). The van der Waals surface area contributed by atoms with E-state index < -0.39 is 0 Å². The third-order valence-electron chi connectivity index (χ3n) is 2.11. The minimum atomic E-state index is 0.287. The predicted octanol–water partition coefficient (Wildman–Crippen LogP) is 1.13. The third kappa shape index (κ3) is 2.46. The molecule has 0 bridgehead atoms. The molecule has 2 heteroatoms. The summed E-state index contributed by atoms with van der Waals surface area (Å²) in [6.45, 7) is 5.48. The summed E-state index contributed by atoms with van der Waals surface area (Å²) >= 11 is 0. The Balaban J connectivity index is 2.22. The first-order valence-electron chi connectivity index (χ1n) is 4.19. The molecule has 0 aromatic rings. The van der Waals surface area contributed by atoms with Gasteiger partial charge in [-0.3, -0.25) is 4.79 Å². The number of hydrogen-bond donors (Lipinski definition) is 1. The van der Waals surface area contributed by atoms with Crippen molar-refractivity contribution in [1.82, 2.24) is 5.32 Å². The normalized spacial score (nSPS) is 23.5. The molecule has 0 aliphatic carbocycles. The molecule has 1 aliphatic heterocycles. The van der Waals surface area contributed by atoms with Crippen molar-refractivity contribution in [2.75, 3.05) is 13.1 Å². The van der Waals surface area contributed by atoms with E-state index in [1.165, 1.54) is 0 Å². The summed E-state index contributed by atoms with van der Waals surface area (Å²) in [5.41, 5.74) is 0. The Bertz CT molecular complexity index is 148. The van der Waals surface area contributed by atoms with E-state index in [2.05, 4.69) is 11.9 Å². The molecule has 0 aromatic carbocycles. The van der Waals surface area contributed by atoms with E-state index in [0.717, 1.165) is 25.9 Å². The molecule has 1 heterocycles. The van der Waals surface area contributed by atoms with Crippen LogP contribution in [0.4, 0.5) is 0 Å². The van der Waals surface area contributed by atoms with Crippen molar-refractivity contribution in [3.63, 3.8) is 0 Å². The second-order valence-corrected chi connectivity index (χ2v) is 2.98. The van der Waals surface area contributed by atoms with Crippen molar-refractivity contribution < 1.29 is 4.79 Å². The van der Waals surface area contributed by atoms with E-state index in [-0.39, 0.29) is 5.92 Å². The minimum Gasteiger partial charge on any atom is -0.316 e. The maximum atomic E-state index is 11.3. The van der Waals surface area contributed by atoms with Crippen LogP contribution in [0.15, 0.2) is 12.7 Å². The molecule has 0 aromatic heterocycles. The largest absolute Gasteiger partial charge is 0.316 e. The first-order chi connectivity index (χ1) is 5.34. The molecule has 0 spiro atoms. The van der Waals surface area contributed by atoms with Crippen LogP contribution < -0.4 is 5.32 Å². The van der Waals surface area contributed by atoms with E-state index >= 15 is 0 Å². The van der Waals surface area contributed by atoms with Gasteiger partial charge in [-0.2, -0.15) is 0 Å². The van der Waals surface area contributed by atoms with E-state index in [0.29, 0.717) is 12.2 Å². The standard InChI is InChI=1S/C9H15NO/c1-2-3-4-9(11)8-5-6-10-7-8/h2,8,10H,1,3-7H2/t8-/m1/s1. The SMILES string of the molecule is C=CCCC(=O)[C@@H]1CCNC1. The molecule has 0 amide bonds. The zero-order valence-corrected chi connectivity index (χ0v) is 6.81. The Morgan fingerprint density at radius 1 is 1.73 bits per heavy atom. The molecule has 62 valence electrons.